The normalized spacial score (nSPS) is 15.2. The van der Waals surface area contributed by atoms with Gasteiger partial charge in [0.1, 0.15) is 5.15 Å². The van der Waals surface area contributed by atoms with Crippen molar-refractivity contribution in [2.75, 3.05) is 13.1 Å². The zero-order chi connectivity index (χ0) is 16.8. The first-order valence-electron chi connectivity index (χ1n) is 8.41. The number of pyridine rings is 1. The second-order valence-corrected chi connectivity index (χ2v) is 6.55. The van der Waals surface area contributed by atoms with Crippen molar-refractivity contribution >= 4 is 17.5 Å². The standard InChI is InChI=1S/C19H22ClN3O/c20-18-9-8-16(13-21-18)19(24)22-12-15-6-2-3-7-17(15)14-23-10-4-1-5-11-23/h2-3,6-9,13H,1,4-5,10-12,14H2,(H,22,24). The van der Waals surface area contributed by atoms with Crippen molar-refractivity contribution in [2.45, 2.75) is 32.4 Å². The van der Waals surface area contributed by atoms with E-state index in [-0.39, 0.29) is 5.91 Å². The summed E-state index contributed by atoms with van der Waals surface area (Å²) in [6, 6.07) is 11.6. The minimum atomic E-state index is -0.132. The first kappa shape index (κ1) is 16.9. The number of hydrogen-bond donors (Lipinski definition) is 1. The Bertz CT molecular complexity index is 681. The topological polar surface area (TPSA) is 45.2 Å². The molecule has 4 nitrogen and oxygen atoms in total. The van der Waals surface area contributed by atoms with Crippen molar-refractivity contribution in [3.63, 3.8) is 0 Å². The van der Waals surface area contributed by atoms with Crippen LogP contribution in [0.1, 0.15) is 40.7 Å². The fourth-order valence-electron chi connectivity index (χ4n) is 3.03. The number of benzene rings is 1. The van der Waals surface area contributed by atoms with Crippen molar-refractivity contribution in [1.29, 1.82) is 0 Å². The third kappa shape index (κ3) is 4.56. The molecule has 1 N–H and O–H groups in total. The summed E-state index contributed by atoms with van der Waals surface area (Å²) in [7, 11) is 0. The Hall–Kier alpha value is -1.91. The first-order chi connectivity index (χ1) is 11.7. The highest BCUT2D eigenvalue weighted by atomic mass is 35.5. The lowest BCUT2D eigenvalue weighted by Gasteiger charge is -2.27. The second-order valence-electron chi connectivity index (χ2n) is 6.16. The van der Waals surface area contributed by atoms with Crippen LogP contribution >= 0.6 is 11.6 Å². The molecule has 0 unspecified atom stereocenters. The molecule has 0 spiro atoms. The Morgan fingerprint density at radius 2 is 1.83 bits per heavy atom. The zero-order valence-corrected chi connectivity index (χ0v) is 14.4. The van der Waals surface area contributed by atoms with E-state index in [0.717, 1.165) is 19.6 Å². The molecular formula is C19H22ClN3O. The number of halogens is 1. The van der Waals surface area contributed by atoms with Gasteiger partial charge in [0.05, 0.1) is 5.56 Å². The monoisotopic (exact) mass is 343 g/mol. The van der Waals surface area contributed by atoms with Gasteiger partial charge in [0.15, 0.2) is 0 Å². The largest absolute Gasteiger partial charge is 0.348 e. The van der Waals surface area contributed by atoms with Crippen LogP contribution in [0.15, 0.2) is 42.6 Å². The summed E-state index contributed by atoms with van der Waals surface area (Å²) in [4.78, 5) is 18.7. The van der Waals surface area contributed by atoms with Crippen LogP contribution in [0.2, 0.25) is 5.15 Å². The lowest BCUT2D eigenvalue weighted by molar-refractivity contribution is 0.0950. The number of nitrogens with zero attached hydrogens (tertiary/aromatic N) is 2. The second kappa shape index (κ2) is 8.27. The van der Waals surface area contributed by atoms with Gasteiger partial charge >= 0.3 is 0 Å². The van der Waals surface area contributed by atoms with E-state index in [0.29, 0.717) is 17.3 Å². The molecule has 1 amide bonds. The van der Waals surface area contributed by atoms with Crippen molar-refractivity contribution in [2.24, 2.45) is 0 Å². The van der Waals surface area contributed by atoms with Crippen LogP contribution in [0.4, 0.5) is 0 Å². The van der Waals surface area contributed by atoms with Gasteiger partial charge in [-0.3, -0.25) is 9.69 Å². The number of aromatic nitrogens is 1. The minimum Gasteiger partial charge on any atom is -0.348 e. The van der Waals surface area contributed by atoms with E-state index in [9.17, 15) is 4.79 Å². The molecule has 2 heterocycles. The summed E-state index contributed by atoms with van der Waals surface area (Å²) in [5, 5.41) is 3.36. The summed E-state index contributed by atoms with van der Waals surface area (Å²) >= 11 is 5.76. The SMILES string of the molecule is O=C(NCc1ccccc1CN1CCCCC1)c1ccc(Cl)nc1. The smallest absolute Gasteiger partial charge is 0.253 e. The van der Waals surface area contributed by atoms with Gasteiger partial charge in [-0.25, -0.2) is 4.98 Å². The predicted molar refractivity (Wildman–Crippen MR) is 96.0 cm³/mol. The van der Waals surface area contributed by atoms with Crippen LogP contribution in [0.5, 0.6) is 0 Å². The van der Waals surface area contributed by atoms with Crippen molar-refractivity contribution in [3.8, 4) is 0 Å². The average molecular weight is 344 g/mol. The van der Waals surface area contributed by atoms with E-state index in [2.05, 4.69) is 33.4 Å². The zero-order valence-electron chi connectivity index (χ0n) is 13.7. The number of likely N-dealkylation sites (tertiary alicyclic amines) is 1. The molecule has 0 radical (unpaired) electrons. The Balaban J connectivity index is 1.62. The highest BCUT2D eigenvalue weighted by Crippen LogP contribution is 2.16. The molecule has 126 valence electrons. The Morgan fingerprint density at radius 3 is 2.54 bits per heavy atom. The fraction of sp³-hybridized carbons (Fsp3) is 0.368. The molecule has 3 rings (SSSR count). The number of carbonyl (C=O) groups excluding carboxylic acids is 1. The number of amides is 1. The number of piperidine rings is 1. The quantitative estimate of drug-likeness (QED) is 0.843. The van der Waals surface area contributed by atoms with Crippen LogP contribution in [-0.2, 0) is 13.1 Å². The minimum absolute atomic E-state index is 0.132. The van der Waals surface area contributed by atoms with Crippen molar-refractivity contribution in [3.05, 3.63) is 64.4 Å². The molecule has 2 aromatic rings. The number of carbonyl (C=O) groups is 1. The van der Waals surface area contributed by atoms with Gasteiger partial charge in [-0.1, -0.05) is 42.3 Å². The number of hydrogen-bond acceptors (Lipinski definition) is 3. The summed E-state index contributed by atoms with van der Waals surface area (Å²) in [5.41, 5.74) is 2.97. The van der Waals surface area contributed by atoms with E-state index in [1.807, 2.05) is 6.07 Å². The van der Waals surface area contributed by atoms with E-state index in [1.165, 1.54) is 36.6 Å². The number of rotatable bonds is 5. The van der Waals surface area contributed by atoms with E-state index < -0.39 is 0 Å². The highest BCUT2D eigenvalue weighted by molar-refractivity contribution is 6.29. The fourth-order valence-corrected chi connectivity index (χ4v) is 3.14. The van der Waals surface area contributed by atoms with Crippen LogP contribution in [0.25, 0.3) is 0 Å². The van der Waals surface area contributed by atoms with E-state index in [4.69, 9.17) is 11.6 Å². The maximum Gasteiger partial charge on any atom is 0.253 e. The summed E-state index contributed by atoms with van der Waals surface area (Å²) < 4.78 is 0. The maximum atomic E-state index is 12.2. The van der Waals surface area contributed by atoms with Gasteiger partial charge in [0, 0.05) is 19.3 Å². The van der Waals surface area contributed by atoms with Gasteiger partial charge in [-0.2, -0.15) is 0 Å². The molecule has 1 saturated heterocycles. The molecule has 5 heteroatoms. The van der Waals surface area contributed by atoms with Crippen LogP contribution < -0.4 is 5.32 Å². The molecule has 24 heavy (non-hydrogen) atoms. The van der Waals surface area contributed by atoms with Gasteiger partial charge < -0.3 is 5.32 Å². The molecular weight excluding hydrogens is 322 g/mol. The molecule has 0 saturated carbocycles. The molecule has 1 fully saturated rings. The Kier molecular flexibility index (Phi) is 5.83. The Morgan fingerprint density at radius 1 is 1.08 bits per heavy atom. The number of nitrogens with one attached hydrogen (secondary N) is 1. The lowest BCUT2D eigenvalue weighted by atomic mass is 10.0. The third-order valence-electron chi connectivity index (χ3n) is 4.39. The van der Waals surface area contributed by atoms with Crippen LogP contribution in [0, 0.1) is 0 Å². The van der Waals surface area contributed by atoms with Crippen LogP contribution in [-0.4, -0.2) is 28.9 Å². The maximum absolute atomic E-state index is 12.2. The molecule has 1 aromatic carbocycles. The molecule has 0 bridgehead atoms. The molecule has 1 aromatic heterocycles. The van der Waals surface area contributed by atoms with Crippen molar-refractivity contribution in [1.82, 2.24) is 15.2 Å². The van der Waals surface area contributed by atoms with E-state index >= 15 is 0 Å². The van der Waals surface area contributed by atoms with E-state index in [1.54, 1.807) is 12.1 Å². The highest BCUT2D eigenvalue weighted by Gasteiger charge is 2.13. The Labute approximate surface area is 147 Å². The summed E-state index contributed by atoms with van der Waals surface area (Å²) in [6.45, 7) is 3.80. The van der Waals surface area contributed by atoms with Gasteiger partial charge in [0.25, 0.3) is 5.91 Å². The molecule has 0 aliphatic carbocycles. The van der Waals surface area contributed by atoms with Crippen LogP contribution in [0.3, 0.4) is 0 Å². The first-order valence-corrected chi connectivity index (χ1v) is 8.79. The summed E-state index contributed by atoms with van der Waals surface area (Å²) in [6.07, 6.45) is 5.39. The molecule has 1 aliphatic rings. The van der Waals surface area contributed by atoms with Gasteiger partial charge in [-0.15, -0.1) is 0 Å². The third-order valence-corrected chi connectivity index (χ3v) is 4.61. The average Bonchev–Trinajstić information content (AvgIpc) is 2.62. The molecule has 0 atom stereocenters. The summed E-state index contributed by atoms with van der Waals surface area (Å²) in [5.74, 6) is -0.132. The van der Waals surface area contributed by atoms with Gasteiger partial charge in [-0.05, 0) is 49.2 Å². The van der Waals surface area contributed by atoms with Gasteiger partial charge in [0.2, 0.25) is 0 Å². The molecule has 1 aliphatic heterocycles. The predicted octanol–water partition coefficient (Wildman–Crippen LogP) is 3.65. The van der Waals surface area contributed by atoms with Crippen molar-refractivity contribution < 1.29 is 4.79 Å². The lowest BCUT2D eigenvalue weighted by Crippen LogP contribution is -2.30.